The quantitative estimate of drug-likeness (QED) is 0.534. The van der Waals surface area contributed by atoms with Gasteiger partial charge in [-0.05, 0) is 48.8 Å². The van der Waals surface area contributed by atoms with E-state index in [1.165, 1.54) is 17.8 Å². The molecule has 7 heteroatoms. The van der Waals surface area contributed by atoms with Crippen LogP contribution in [0.25, 0.3) is 0 Å². The minimum atomic E-state index is -0.249. The van der Waals surface area contributed by atoms with Gasteiger partial charge in [-0.1, -0.05) is 31.4 Å². The van der Waals surface area contributed by atoms with E-state index in [4.69, 9.17) is 0 Å². The lowest BCUT2D eigenvalue weighted by atomic mass is 9.69. The van der Waals surface area contributed by atoms with Gasteiger partial charge in [0.2, 0.25) is 11.8 Å². The second kappa shape index (κ2) is 10.4. The van der Waals surface area contributed by atoms with Gasteiger partial charge in [0.25, 0.3) is 0 Å². The van der Waals surface area contributed by atoms with Crippen LogP contribution >= 0.6 is 11.3 Å². The molecule has 3 rings (SSSR count). The molecule has 1 aliphatic carbocycles. The van der Waals surface area contributed by atoms with Gasteiger partial charge in [0.15, 0.2) is 5.13 Å². The summed E-state index contributed by atoms with van der Waals surface area (Å²) in [6, 6.07) is 7.15. The molecule has 1 heterocycles. The number of hydrogen-bond donors (Lipinski definition) is 3. The molecule has 1 saturated carbocycles. The van der Waals surface area contributed by atoms with Crippen LogP contribution in [0.15, 0.2) is 35.8 Å². The summed E-state index contributed by atoms with van der Waals surface area (Å²) in [5.74, 6) is 0.236. The number of nitrogens with one attached hydrogen (secondary N) is 2. The van der Waals surface area contributed by atoms with Gasteiger partial charge in [0.05, 0.1) is 0 Å². The molecule has 156 valence electrons. The number of aryl methyl sites for hydroxylation is 1. The van der Waals surface area contributed by atoms with Gasteiger partial charge in [-0.15, -0.1) is 11.3 Å². The molecule has 0 atom stereocenters. The normalized spacial score (nSPS) is 15.6. The first-order chi connectivity index (χ1) is 14.0. The first-order valence-electron chi connectivity index (χ1n) is 10.3. The van der Waals surface area contributed by atoms with Crippen molar-refractivity contribution in [2.75, 3.05) is 11.9 Å². The molecule has 0 spiro atoms. The van der Waals surface area contributed by atoms with E-state index in [0.717, 1.165) is 44.1 Å². The number of rotatable bonds is 9. The lowest BCUT2D eigenvalue weighted by molar-refractivity contribution is -0.125. The smallest absolute Gasteiger partial charge is 0.226 e. The molecule has 29 heavy (non-hydrogen) atoms. The Hall–Kier alpha value is -2.41. The first-order valence-corrected chi connectivity index (χ1v) is 11.2. The Morgan fingerprint density at radius 2 is 1.79 bits per heavy atom. The van der Waals surface area contributed by atoms with Crippen LogP contribution in [-0.4, -0.2) is 28.4 Å². The fraction of sp³-hybridized carbons (Fsp3) is 0.500. The zero-order valence-corrected chi connectivity index (χ0v) is 17.5. The van der Waals surface area contributed by atoms with Crippen LogP contribution in [0.3, 0.4) is 0 Å². The van der Waals surface area contributed by atoms with Crippen LogP contribution in [0.1, 0.15) is 56.9 Å². The number of aromatic hydroxyl groups is 1. The predicted molar refractivity (Wildman–Crippen MR) is 115 cm³/mol. The van der Waals surface area contributed by atoms with Crippen LogP contribution in [0.5, 0.6) is 5.75 Å². The maximum absolute atomic E-state index is 12.6. The van der Waals surface area contributed by atoms with Crippen LogP contribution in [0.4, 0.5) is 5.13 Å². The van der Waals surface area contributed by atoms with Crippen LogP contribution in [-0.2, 0) is 16.0 Å². The molecule has 1 aromatic heterocycles. The number of phenols is 1. The number of anilines is 1. The number of phenolic OH excluding ortho intramolecular Hbond substituents is 1. The number of benzene rings is 1. The number of nitrogens with zero attached hydrogens (tertiary/aromatic N) is 1. The highest BCUT2D eigenvalue weighted by molar-refractivity contribution is 7.13. The summed E-state index contributed by atoms with van der Waals surface area (Å²) in [5, 5.41) is 17.7. The molecular weight excluding hydrogens is 386 g/mol. The third-order valence-corrected chi connectivity index (χ3v) is 6.25. The molecule has 6 nitrogen and oxygen atoms in total. The van der Waals surface area contributed by atoms with E-state index >= 15 is 0 Å². The molecule has 1 fully saturated rings. The van der Waals surface area contributed by atoms with Gasteiger partial charge < -0.3 is 15.7 Å². The molecular formula is C22H29N3O3S. The highest BCUT2D eigenvalue weighted by atomic mass is 32.1. The molecule has 0 unspecified atom stereocenters. The van der Waals surface area contributed by atoms with Crippen molar-refractivity contribution in [3.05, 3.63) is 41.4 Å². The Bertz CT molecular complexity index is 784. The van der Waals surface area contributed by atoms with E-state index in [0.29, 0.717) is 24.5 Å². The summed E-state index contributed by atoms with van der Waals surface area (Å²) in [4.78, 5) is 29.2. The minimum Gasteiger partial charge on any atom is -0.508 e. The molecule has 1 aromatic carbocycles. The number of thiazole rings is 1. The van der Waals surface area contributed by atoms with Gasteiger partial charge in [-0.25, -0.2) is 4.98 Å². The predicted octanol–water partition coefficient (Wildman–Crippen LogP) is 4.27. The second-order valence-corrected chi connectivity index (χ2v) is 8.81. The van der Waals surface area contributed by atoms with Crippen molar-refractivity contribution >= 4 is 28.3 Å². The Kier molecular flexibility index (Phi) is 7.63. The first kappa shape index (κ1) is 21.3. The van der Waals surface area contributed by atoms with E-state index in [-0.39, 0.29) is 23.0 Å². The minimum absolute atomic E-state index is 0.0275. The highest BCUT2D eigenvalue weighted by Gasteiger charge is 2.36. The van der Waals surface area contributed by atoms with Gasteiger partial charge >= 0.3 is 0 Å². The average Bonchev–Trinajstić information content (AvgIpc) is 3.20. The molecule has 3 N–H and O–H groups in total. The van der Waals surface area contributed by atoms with E-state index in [2.05, 4.69) is 15.6 Å². The van der Waals surface area contributed by atoms with Crippen molar-refractivity contribution in [3.8, 4) is 5.75 Å². The summed E-state index contributed by atoms with van der Waals surface area (Å²) < 4.78 is 0. The molecule has 0 aliphatic heterocycles. The summed E-state index contributed by atoms with van der Waals surface area (Å²) in [6.07, 6.45) is 9.27. The molecule has 0 saturated heterocycles. The van der Waals surface area contributed by atoms with Crippen molar-refractivity contribution in [2.24, 2.45) is 5.41 Å². The fourth-order valence-electron chi connectivity index (χ4n) is 4.09. The number of aromatic nitrogens is 1. The standard InChI is InChI=1S/C22H29N3O3S/c26-18-8-6-17(7-9-18)5-4-12-23-19(27)15-22(10-2-1-3-11-22)16-20(28)25-21-24-13-14-29-21/h6-9,13-14,26H,1-5,10-12,15-16H2,(H,23,27)(H,24,25,28). The number of carbonyl (C=O) groups is 2. The molecule has 0 radical (unpaired) electrons. The third kappa shape index (κ3) is 6.85. The van der Waals surface area contributed by atoms with Crippen molar-refractivity contribution in [1.29, 1.82) is 0 Å². The lowest BCUT2D eigenvalue weighted by Gasteiger charge is -2.36. The maximum atomic E-state index is 12.6. The van der Waals surface area contributed by atoms with Crippen molar-refractivity contribution in [3.63, 3.8) is 0 Å². The fourth-order valence-corrected chi connectivity index (χ4v) is 4.64. The second-order valence-electron chi connectivity index (χ2n) is 7.92. The van der Waals surface area contributed by atoms with E-state index in [1.54, 1.807) is 18.3 Å². The maximum Gasteiger partial charge on any atom is 0.226 e. The summed E-state index contributed by atoms with van der Waals surface area (Å²) in [6.45, 7) is 0.612. The Morgan fingerprint density at radius 3 is 2.48 bits per heavy atom. The molecule has 2 amide bonds. The van der Waals surface area contributed by atoms with Gasteiger partial charge in [0.1, 0.15) is 5.75 Å². The Labute approximate surface area is 175 Å². The van der Waals surface area contributed by atoms with Crippen LogP contribution < -0.4 is 10.6 Å². The van der Waals surface area contributed by atoms with Gasteiger partial charge in [0, 0.05) is 31.0 Å². The van der Waals surface area contributed by atoms with Crippen molar-refractivity contribution < 1.29 is 14.7 Å². The van der Waals surface area contributed by atoms with Crippen LogP contribution in [0.2, 0.25) is 0 Å². The van der Waals surface area contributed by atoms with Crippen LogP contribution in [0, 0.1) is 5.41 Å². The Balaban J connectivity index is 1.46. The zero-order chi connectivity index (χ0) is 20.5. The number of hydrogen-bond acceptors (Lipinski definition) is 5. The van der Waals surface area contributed by atoms with E-state index < -0.39 is 0 Å². The topological polar surface area (TPSA) is 91.3 Å². The summed E-state index contributed by atoms with van der Waals surface area (Å²) in [5.41, 5.74) is 0.889. The molecule has 0 bridgehead atoms. The summed E-state index contributed by atoms with van der Waals surface area (Å²) in [7, 11) is 0. The average molecular weight is 416 g/mol. The van der Waals surface area contributed by atoms with E-state index in [1.807, 2.05) is 17.5 Å². The van der Waals surface area contributed by atoms with Crippen molar-refractivity contribution in [2.45, 2.75) is 57.8 Å². The molecule has 2 aromatic rings. The zero-order valence-electron chi connectivity index (χ0n) is 16.7. The third-order valence-electron chi connectivity index (χ3n) is 5.56. The van der Waals surface area contributed by atoms with Gasteiger partial charge in [-0.2, -0.15) is 0 Å². The number of carbonyl (C=O) groups excluding carboxylic acids is 2. The van der Waals surface area contributed by atoms with E-state index in [9.17, 15) is 14.7 Å². The summed E-state index contributed by atoms with van der Waals surface area (Å²) >= 11 is 1.40. The molecule has 1 aliphatic rings. The SMILES string of the molecule is O=C(CC1(CC(=O)Nc2nccs2)CCCCC1)NCCCc1ccc(O)cc1. The van der Waals surface area contributed by atoms with Crippen molar-refractivity contribution in [1.82, 2.24) is 10.3 Å². The highest BCUT2D eigenvalue weighted by Crippen LogP contribution is 2.42. The lowest BCUT2D eigenvalue weighted by Crippen LogP contribution is -2.36. The Morgan fingerprint density at radius 1 is 1.07 bits per heavy atom. The number of amides is 2. The van der Waals surface area contributed by atoms with Gasteiger partial charge in [-0.3, -0.25) is 9.59 Å². The monoisotopic (exact) mass is 415 g/mol. The largest absolute Gasteiger partial charge is 0.508 e.